The van der Waals surface area contributed by atoms with Gasteiger partial charge in [0.1, 0.15) is 11.2 Å². The molecule has 2 fully saturated rings. The topological polar surface area (TPSA) is 90.9 Å². The largest absolute Gasteiger partial charge is 0.393 e. The summed E-state index contributed by atoms with van der Waals surface area (Å²) in [6.45, 7) is 3.13. The molecule has 0 bridgehead atoms. The number of ether oxygens (including phenoxy) is 1. The van der Waals surface area contributed by atoms with Gasteiger partial charge < -0.3 is 25.4 Å². The molecule has 170 valence electrons. The molecule has 1 aliphatic heterocycles. The zero-order valence-electron chi connectivity index (χ0n) is 18.5. The highest BCUT2D eigenvalue weighted by atomic mass is 16.6. The van der Waals surface area contributed by atoms with Crippen LogP contribution in [0.2, 0.25) is 0 Å². The quantitative estimate of drug-likeness (QED) is 0.525. The molecule has 2 amide bonds. The minimum atomic E-state index is -0.779. The maximum atomic E-state index is 13.0. The number of aliphatic hydroxyl groups is 1. The van der Waals surface area contributed by atoms with Crippen LogP contribution in [0, 0.1) is 0 Å². The number of carbonyl (C=O) groups excluding carboxylic acids is 2. The summed E-state index contributed by atoms with van der Waals surface area (Å²) in [5.74, 6) is -0.0849. The van der Waals surface area contributed by atoms with Crippen molar-refractivity contribution in [2.75, 3.05) is 36.5 Å². The number of anilines is 2. The molecule has 2 aromatic carbocycles. The summed E-state index contributed by atoms with van der Waals surface area (Å²) < 4.78 is 6.28. The van der Waals surface area contributed by atoms with Crippen LogP contribution in [-0.4, -0.2) is 54.4 Å². The van der Waals surface area contributed by atoms with E-state index in [1.807, 2.05) is 54.6 Å². The number of benzene rings is 2. The smallest absolute Gasteiger partial charge is 0.259 e. The van der Waals surface area contributed by atoms with Gasteiger partial charge in [-0.1, -0.05) is 30.3 Å². The van der Waals surface area contributed by atoms with Crippen LogP contribution in [0.1, 0.15) is 31.7 Å². The van der Waals surface area contributed by atoms with Crippen molar-refractivity contribution < 1.29 is 19.4 Å². The summed E-state index contributed by atoms with van der Waals surface area (Å²) in [5.41, 5.74) is 1.22. The number of nitrogens with one attached hydrogen (secondary N) is 2. The van der Waals surface area contributed by atoms with E-state index in [0.29, 0.717) is 32.4 Å². The Morgan fingerprint density at radius 2 is 1.91 bits per heavy atom. The number of amides is 2. The van der Waals surface area contributed by atoms with E-state index in [4.69, 9.17) is 4.74 Å². The van der Waals surface area contributed by atoms with Crippen molar-refractivity contribution in [2.24, 2.45) is 0 Å². The third-order valence-electron chi connectivity index (χ3n) is 6.15. The number of hydrogen-bond donors (Lipinski definition) is 3. The van der Waals surface area contributed by atoms with Gasteiger partial charge in [0.05, 0.1) is 13.2 Å². The minimum Gasteiger partial charge on any atom is -0.393 e. The molecule has 1 atom stereocenters. The second kappa shape index (κ2) is 9.40. The van der Waals surface area contributed by atoms with Crippen molar-refractivity contribution in [1.82, 2.24) is 5.32 Å². The van der Waals surface area contributed by atoms with E-state index in [-0.39, 0.29) is 18.4 Å². The molecule has 1 unspecified atom stereocenters. The molecule has 1 heterocycles. The highest BCUT2D eigenvalue weighted by molar-refractivity contribution is 6.02. The first-order valence-electron chi connectivity index (χ1n) is 11.2. The third-order valence-corrected chi connectivity index (χ3v) is 6.15. The molecule has 0 aromatic heterocycles. The zero-order chi connectivity index (χ0) is 22.6. The Hall–Kier alpha value is -2.74. The SMILES string of the molecule is CC(=O)Nc1cccc(CCNCCC2(CO)CN(c3ccccc3)C(=O)C3(CC3)O2)c1. The number of aliphatic hydroxyl groups excluding tert-OH is 1. The van der Waals surface area contributed by atoms with Gasteiger partial charge in [-0.2, -0.15) is 0 Å². The highest BCUT2D eigenvalue weighted by Gasteiger charge is 2.61. The fraction of sp³-hybridized carbons (Fsp3) is 0.440. The molecular weight excluding hydrogens is 406 g/mol. The molecule has 3 N–H and O–H groups in total. The molecule has 7 heteroatoms. The van der Waals surface area contributed by atoms with Gasteiger partial charge in [0.15, 0.2) is 0 Å². The highest BCUT2D eigenvalue weighted by Crippen LogP contribution is 2.49. The third kappa shape index (κ3) is 5.01. The molecular formula is C25H31N3O4. The Balaban J connectivity index is 1.34. The van der Waals surface area contributed by atoms with Gasteiger partial charge in [-0.3, -0.25) is 9.59 Å². The van der Waals surface area contributed by atoms with Crippen LogP contribution >= 0.6 is 0 Å². The first-order valence-corrected chi connectivity index (χ1v) is 11.2. The lowest BCUT2D eigenvalue weighted by atomic mass is 9.95. The van der Waals surface area contributed by atoms with Crippen molar-refractivity contribution in [3.8, 4) is 0 Å². The average molecular weight is 438 g/mol. The van der Waals surface area contributed by atoms with E-state index in [1.165, 1.54) is 6.92 Å². The molecule has 32 heavy (non-hydrogen) atoms. The molecule has 2 aromatic rings. The van der Waals surface area contributed by atoms with Crippen LogP contribution < -0.4 is 15.5 Å². The Morgan fingerprint density at radius 3 is 2.59 bits per heavy atom. The molecule has 1 saturated heterocycles. The summed E-state index contributed by atoms with van der Waals surface area (Å²) >= 11 is 0. The van der Waals surface area contributed by atoms with E-state index >= 15 is 0 Å². The predicted molar refractivity (Wildman–Crippen MR) is 124 cm³/mol. The summed E-state index contributed by atoms with van der Waals surface area (Å²) in [5, 5.41) is 16.5. The standard InChI is InChI=1S/C25H31N3O4/c1-19(30)27-21-7-5-6-20(16-21)10-14-26-15-13-24(18-29)17-28(22-8-3-2-4-9-22)23(31)25(32-24)11-12-25/h2-9,16,26,29H,10-15,17-18H2,1H3,(H,27,30). The molecule has 1 saturated carbocycles. The monoisotopic (exact) mass is 437 g/mol. The lowest BCUT2D eigenvalue weighted by Gasteiger charge is -2.45. The molecule has 0 radical (unpaired) electrons. The van der Waals surface area contributed by atoms with Crippen LogP contribution in [0.5, 0.6) is 0 Å². The minimum absolute atomic E-state index is 0.000198. The second-order valence-corrected chi connectivity index (χ2v) is 8.80. The Bertz CT molecular complexity index is 961. The molecule has 4 rings (SSSR count). The first-order chi connectivity index (χ1) is 15.5. The van der Waals surface area contributed by atoms with E-state index in [1.54, 1.807) is 4.90 Å². The van der Waals surface area contributed by atoms with Crippen molar-refractivity contribution in [3.63, 3.8) is 0 Å². The maximum Gasteiger partial charge on any atom is 0.259 e. The number of nitrogens with zero attached hydrogens (tertiary/aromatic N) is 1. The van der Waals surface area contributed by atoms with Gasteiger partial charge in [0, 0.05) is 18.3 Å². The molecule has 1 spiro atoms. The van der Waals surface area contributed by atoms with Crippen molar-refractivity contribution in [2.45, 2.75) is 43.8 Å². The van der Waals surface area contributed by atoms with E-state index in [0.717, 1.165) is 29.9 Å². The Labute approximate surface area is 188 Å². The zero-order valence-corrected chi connectivity index (χ0v) is 18.5. The van der Waals surface area contributed by atoms with E-state index < -0.39 is 11.2 Å². The summed E-state index contributed by atoms with van der Waals surface area (Å²) in [6, 6.07) is 17.4. The number of rotatable bonds is 9. The fourth-order valence-corrected chi connectivity index (χ4v) is 4.32. The van der Waals surface area contributed by atoms with Gasteiger partial charge in [-0.05, 0) is 68.6 Å². The van der Waals surface area contributed by atoms with E-state index in [2.05, 4.69) is 10.6 Å². The van der Waals surface area contributed by atoms with Crippen LogP contribution in [0.25, 0.3) is 0 Å². The number of carbonyl (C=O) groups is 2. The average Bonchev–Trinajstić information content (AvgIpc) is 3.56. The fourth-order valence-electron chi connectivity index (χ4n) is 4.32. The van der Waals surface area contributed by atoms with Crippen LogP contribution in [-0.2, 0) is 20.7 Å². The normalized spacial score (nSPS) is 21.6. The molecule has 1 aliphatic carbocycles. The number of morpholine rings is 1. The first kappa shape index (κ1) is 22.5. The van der Waals surface area contributed by atoms with Gasteiger partial charge >= 0.3 is 0 Å². The molecule has 2 aliphatic rings. The van der Waals surface area contributed by atoms with Gasteiger partial charge in [-0.15, -0.1) is 0 Å². The lowest BCUT2D eigenvalue weighted by Crippen LogP contribution is -2.62. The number of para-hydroxylation sites is 1. The summed E-state index contributed by atoms with van der Waals surface area (Å²) in [7, 11) is 0. The summed E-state index contributed by atoms with van der Waals surface area (Å²) in [6.07, 6.45) is 2.83. The van der Waals surface area contributed by atoms with Crippen LogP contribution in [0.15, 0.2) is 54.6 Å². The van der Waals surface area contributed by atoms with Crippen LogP contribution in [0.3, 0.4) is 0 Å². The predicted octanol–water partition coefficient (Wildman–Crippen LogP) is 2.49. The second-order valence-electron chi connectivity index (χ2n) is 8.80. The van der Waals surface area contributed by atoms with Crippen molar-refractivity contribution >= 4 is 23.2 Å². The van der Waals surface area contributed by atoms with Gasteiger partial charge in [0.2, 0.25) is 5.91 Å². The van der Waals surface area contributed by atoms with Gasteiger partial charge in [0.25, 0.3) is 5.91 Å². The molecule has 7 nitrogen and oxygen atoms in total. The Kier molecular flexibility index (Phi) is 6.60. The lowest BCUT2D eigenvalue weighted by molar-refractivity contribution is -0.172. The van der Waals surface area contributed by atoms with Crippen molar-refractivity contribution in [1.29, 1.82) is 0 Å². The number of hydrogen-bond acceptors (Lipinski definition) is 5. The van der Waals surface area contributed by atoms with Crippen LogP contribution in [0.4, 0.5) is 11.4 Å². The van der Waals surface area contributed by atoms with Crippen molar-refractivity contribution in [3.05, 3.63) is 60.2 Å². The summed E-state index contributed by atoms with van der Waals surface area (Å²) in [4.78, 5) is 26.0. The Morgan fingerprint density at radius 1 is 1.12 bits per heavy atom. The van der Waals surface area contributed by atoms with Gasteiger partial charge in [-0.25, -0.2) is 0 Å². The van der Waals surface area contributed by atoms with E-state index in [9.17, 15) is 14.7 Å². The maximum absolute atomic E-state index is 13.0.